The fraction of sp³-hybridized carbons (Fsp3) is 0.500. The molecular weight excluding hydrogens is 230 g/mol. The van der Waals surface area contributed by atoms with Crippen molar-refractivity contribution in [1.82, 2.24) is 4.90 Å². The molecule has 0 aliphatic rings. The molecule has 0 heterocycles. The third-order valence-electron chi connectivity index (χ3n) is 2.83. The van der Waals surface area contributed by atoms with Gasteiger partial charge in [-0.2, -0.15) is 0 Å². The van der Waals surface area contributed by atoms with Gasteiger partial charge >= 0.3 is 0 Å². The van der Waals surface area contributed by atoms with Crippen LogP contribution in [0.15, 0.2) is 18.2 Å². The Morgan fingerprint density at radius 1 is 1.33 bits per heavy atom. The monoisotopic (exact) mass is 251 g/mol. The van der Waals surface area contributed by atoms with Crippen LogP contribution in [0.4, 0.5) is 0 Å². The summed E-state index contributed by atoms with van der Waals surface area (Å²) in [5.41, 5.74) is 1.58. The number of aryl methyl sites for hydroxylation is 1. The van der Waals surface area contributed by atoms with E-state index in [1.54, 1.807) is 11.0 Å². The standard InChI is InChI=1S/C14H21NO3/c1-4-15(5-2)14(17)12-7-6-11(3)13(10-12)18-9-8-16/h6-7,10,16H,4-5,8-9H2,1-3H3. The average molecular weight is 251 g/mol. The van der Waals surface area contributed by atoms with Gasteiger partial charge in [-0.05, 0) is 38.5 Å². The number of ether oxygens (including phenoxy) is 1. The van der Waals surface area contributed by atoms with Crippen molar-refractivity contribution in [2.75, 3.05) is 26.3 Å². The summed E-state index contributed by atoms with van der Waals surface area (Å²) in [4.78, 5) is 13.9. The molecule has 4 heteroatoms. The lowest BCUT2D eigenvalue weighted by Crippen LogP contribution is -2.30. The Morgan fingerprint density at radius 3 is 2.56 bits per heavy atom. The molecule has 0 aliphatic carbocycles. The summed E-state index contributed by atoms with van der Waals surface area (Å²) in [6.45, 7) is 7.42. The number of aliphatic hydroxyl groups is 1. The molecule has 100 valence electrons. The molecule has 1 aromatic rings. The second kappa shape index (κ2) is 7.01. The molecule has 1 amide bonds. The molecule has 18 heavy (non-hydrogen) atoms. The number of rotatable bonds is 6. The van der Waals surface area contributed by atoms with Crippen LogP contribution in [0.3, 0.4) is 0 Å². The van der Waals surface area contributed by atoms with Crippen molar-refractivity contribution in [3.8, 4) is 5.75 Å². The Balaban J connectivity index is 2.93. The van der Waals surface area contributed by atoms with Crippen LogP contribution in [0.2, 0.25) is 0 Å². The van der Waals surface area contributed by atoms with Crippen molar-refractivity contribution in [3.05, 3.63) is 29.3 Å². The number of hydrogen-bond donors (Lipinski definition) is 1. The van der Waals surface area contributed by atoms with Gasteiger partial charge in [0.25, 0.3) is 5.91 Å². The average Bonchev–Trinajstić information content (AvgIpc) is 2.39. The molecule has 0 atom stereocenters. The van der Waals surface area contributed by atoms with Crippen LogP contribution >= 0.6 is 0 Å². The molecule has 0 saturated heterocycles. The number of aliphatic hydroxyl groups excluding tert-OH is 1. The third kappa shape index (κ3) is 3.47. The zero-order valence-electron chi connectivity index (χ0n) is 11.3. The van der Waals surface area contributed by atoms with Gasteiger partial charge in [-0.25, -0.2) is 0 Å². The summed E-state index contributed by atoms with van der Waals surface area (Å²) >= 11 is 0. The summed E-state index contributed by atoms with van der Waals surface area (Å²) in [7, 11) is 0. The molecule has 0 unspecified atom stereocenters. The first-order valence-electron chi connectivity index (χ1n) is 6.27. The van der Waals surface area contributed by atoms with Crippen molar-refractivity contribution in [2.45, 2.75) is 20.8 Å². The lowest BCUT2D eigenvalue weighted by molar-refractivity contribution is 0.0772. The minimum Gasteiger partial charge on any atom is -0.491 e. The highest BCUT2D eigenvalue weighted by atomic mass is 16.5. The Bertz CT molecular complexity index is 400. The smallest absolute Gasteiger partial charge is 0.253 e. The fourth-order valence-corrected chi connectivity index (χ4v) is 1.74. The Kier molecular flexibility index (Phi) is 5.65. The minimum atomic E-state index is -0.0341. The summed E-state index contributed by atoms with van der Waals surface area (Å²) < 4.78 is 5.40. The number of carbonyl (C=O) groups is 1. The molecule has 0 radical (unpaired) electrons. The molecule has 4 nitrogen and oxygen atoms in total. The van der Waals surface area contributed by atoms with E-state index in [0.717, 1.165) is 5.56 Å². The molecule has 0 aliphatic heterocycles. The molecule has 0 spiro atoms. The Hall–Kier alpha value is -1.55. The number of carbonyl (C=O) groups excluding carboxylic acids is 1. The third-order valence-corrected chi connectivity index (χ3v) is 2.83. The second-order valence-electron chi connectivity index (χ2n) is 4.03. The van der Waals surface area contributed by atoms with Crippen molar-refractivity contribution in [3.63, 3.8) is 0 Å². The molecule has 0 fully saturated rings. The van der Waals surface area contributed by atoms with E-state index in [0.29, 0.717) is 24.4 Å². The number of nitrogens with zero attached hydrogens (tertiary/aromatic N) is 1. The van der Waals surface area contributed by atoms with Gasteiger partial charge in [0.1, 0.15) is 12.4 Å². The summed E-state index contributed by atoms with van der Waals surface area (Å²) in [6.07, 6.45) is 0. The van der Waals surface area contributed by atoms with Crippen molar-refractivity contribution in [2.24, 2.45) is 0 Å². The van der Waals surface area contributed by atoms with E-state index >= 15 is 0 Å². The van der Waals surface area contributed by atoms with E-state index in [1.165, 1.54) is 0 Å². The molecule has 0 aromatic heterocycles. The van der Waals surface area contributed by atoms with E-state index in [9.17, 15) is 4.79 Å². The maximum Gasteiger partial charge on any atom is 0.253 e. The zero-order chi connectivity index (χ0) is 13.5. The maximum atomic E-state index is 12.2. The molecule has 1 N–H and O–H groups in total. The van der Waals surface area contributed by atoms with Gasteiger partial charge in [-0.3, -0.25) is 4.79 Å². The quantitative estimate of drug-likeness (QED) is 0.839. The molecule has 1 rings (SSSR count). The van der Waals surface area contributed by atoms with Crippen molar-refractivity contribution < 1.29 is 14.6 Å². The van der Waals surface area contributed by atoms with Gasteiger partial charge in [-0.1, -0.05) is 6.07 Å². The maximum absolute atomic E-state index is 12.2. The zero-order valence-corrected chi connectivity index (χ0v) is 11.3. The molecule has 0 saturated carbocycles. The highest BCUT2D eigenvalue weighted by molar-refractivity contribution is 5.94. The first-order valence-corrected chi connectivity index (χ1v) is 6.27. The van der Waals surface area contributed by atoms with Crippen molar-refractivity contribution in [1.29, 1.82) is 0 Å². The largest absolute Gasteiger partial charge is 0.491 e. The summed E-state index contributed by atoms with van der Waals surface area (Å²) in [5.74, 6) is 0.663. The van der Waals surface area contributed by atoms with E-state index in [2.05, 4.69) is 0 Å². The van der Waals surface area contributed by atoms with Crippen LogP contribution < -0.4 is 4.74 Å². The number of hydrogen-bond acceptors (Lipinski definition) is 3. The summed E-state index contributed by atoms with van der Waals surface area (Å²) in [6, 6.07) is 5.41. The SMILES string of the molecule is CCN(CC)C(=O)c1ccc(C)c(OCCO)c1. The van der Waals surface area contributed by atoms with Crippen LogP contribution in [0.1, 0.15) is 29.8 Å². The van der Waals surface area contributed by atoms with Gasteiger partial charge < -0.3 is 14.7 Å². The summed E-state index contributed by atoms with van der Waals surface area (Å²) in [5, 5.41) is 8.76. The predicted octanol–water partition coefficient (Wildman–Crippen LogP) is 1.85. The fourth-order valence-electron chi connectivity index (χ4n) is 1.74. The number of amides is 1. The van der Waals surface area contributed by atoms with Crippen LogP contribution in [-0.2, 0) is 0 Å². The van der Waals surface area contributed by atoms with E-state index in [4.69, 9.17) is 9.84 Å². The van der Waals surface area contributed by atoms with Crippen LogP contribution in [-0.4, -0.2) is 42.2 Å². The van der Waals surface area contributed by atoms with E-state index < -0.39 is 0 Å². The lowest BCUT2D eigenvalue weighted by atomic mass is 10.1. The van der Waals surface area contributed by atoms with E-state index in [1.807, 2.05) is 32.9 Å². The molecule has 0 bridgehead atoms. The van der Waals surface area contributed by atoms with Gasteiger partial charge in [0.2, 0.25) is 0 Å². The number of benzene rings is 1. The first kappa shape index (κ1) is 14.5. The second-order valence-corrected chi connectivity index (χ2v) is 4.03. The minimum absolute atomic E-state index is 0.00819. The predicted molar refractivity (Wildman–Crippen MR) is 71.0 cm³/mol. The van der Waals surface area contributed by atoms with Gasteiger partial charge in [0.15, 0.2) is 0 Å². The Labute approximate surface area is 108 Å². The van der Waals surface area contributed by atoms with Crippen LogP contribution in [0.25, 0.3) is 0 Å². The first-order chi connectivity index (χ1) is 8.63. The molecular formula is C14H21NO3. The Morgan fingerprint density at radius 2 is 2.00 bits per heavy atom. The normalized spacial score (nSPS) is 10.2. The highest BCUT2D eigenvalue weighted by Gasteiger charge is 2.13. The van der Waals surface area contributed by atoms with Gasteiger partial charge in [0.05, 0.1) is 6.61 Å². The highest BCUT2D eigenvalue weighted by Crippen LogP contribution is 2.20. The van der Waals surface area contributed by atoms with Gasteiger partial charge in [-0.15, -0.1) is 0 Å². The van der Waals surface area contributed by atoms with Crippen molar-refractivity contribution >= 4 is 5.91 Å². The van der Waals surface area contributed by atoms with Crippen LogP contribution in [0.5, 0.6) is 5.75 Å². The topological polar surface area (TPSA) is 49.8 Å². The van der Waals surface area contributed by atoms with Crippen LogP contribution in [0, 0.1) is 6.92 Å². The molecule has 1 aromatic carbocycles. The lowest BCUT2D eigenvalue weighted by Gasteiger charge is -2.19. The van der Waals surface area contributed by atoms with E-state index in [-0.39, 0.29) is 19.1 Å². The van der Waals surface area contributed by atoms with Gasteiger partial charge in [0, 0.05) is 18.7 Å².